The van der Waals surface area contributed by atoms with E-state index in [0.29, 0.717) is 11.2 Å². The van der Waals surface area contributed by atoms with Crippen molar-refractivity contribution in [2.75, 3.05) is 31.8 Å². The number of nitrogen functional groups attached to an aromatic ring is 2. The SMILES string of the molecule is CO[C@@H]1C(CC(O)OC[C@H]2[C@@H](O)[C@H](n3cnc4c(N)ncnc43)O[C@@H]2COP)O[C@@H](n2cnc3c(=O)[nH]c(N)nc32)[C@@H]1OO. The van der Waals surface area contributed by atoms with Gasteiger partial charge in [-0.05, 0) is 0 Å². The number of hydrogen-bond acceptors (Lipinski definition) is 17. The van der Waals surface area contributed by atoms with Gasteiger partial charge in [-0.3, -0.25) is 24.2 Å². The van der Waals surface area contributed by atoms with Gasteiger partial charge in [0.15, 0.2) is 47.5 Å². The third-order valence-corrected chi connectivity index (χ3v) is 7.96. The summed E-state index contributed by atoms with van der Waals surface area (Å²) in [7, 11) is 3.52. The van der Waals surface area contributed by atoms with Gasteiger partial charge < -0.3 is 45.2 Å². The summed E-state index contributed by atoms with van der Waals surface area (Å²) in [5.74, 6) is -0.594. The van der Waals surface area contributed by atoms with Crippen LogP contribution in [0.15, 0.2) is 23.8 Å². The number of hydrogen-bond donors (Lipinski definition) is 6. The minimum absolute atomic E-state index is 0.000427. The zero-order valence-corrected chi connectivity index (χ0v) is 24.3. The van der Waals surface area contributed by atoms with E-state index in [1.165, 1.54) is 30.7 Å². The van der Waals surface area contributed by atoms with Crippen LogP contribution in [0.4, 0.5) is 11.8 Å². The van der Waals surface area contributed by atoms with Crippen LogP contribution in [0, 0.1) is 5.92 Å². The lowest BCUT2D eigenvalue weighted by molar-refractivity contribution is -0.306. The Labute approximate surface area is 249 Å². The molecular weight excluding hydrogens is 607 g/mol. The summed E-state index contributed by atoms with van der Waals surface area (Å²) in [6.07, 6.45) is -4.04. The predicted octanol–water partition coefficient (Wildman–Crippen LogP) is -1.70. The van der Waals surface area contributed by atoms with Crippen LogP contribution in [-0.4, -0.2) is 112 Å². The Balaban J connectivity index is 1.15. The third kappa shape index (κ3) is 5.38. The van der Waals surface area contributed by atoms with Gasteiger partial charge in [-0.2, -0.15) is 4.98 Å². The van der Waals surface area contributed by atoms with Gasteiger partial charge >= 0.3 is 0 Å². The monoisotopic (exact) mass is 638 g/mol. The molecule has 0 saturated carbocycles. The summed E-state index contributed by atoms with van der Waals surface area (Å²) >= 11 is 0. The zero-order chi connectivity index (χ0) is 31.1. The van der Waals surface area contributed by atoms with Crippen molar-refractivity contribution in [1.29, 1.82) is 0 Å². The van der Waals surface area contributed by atoms with Gasteiger partial charge in [-0.1, -0.05) is 0 Å². The molecule has 10 atom stereocenters. The Morgan fingerprint density at radius 2 is 1.77 bits per heavy atom. The number of fused-ring (bicyclic) bond motifs is 2. The number of nitrogens with zero attached hydrogens (tertiary/aromatic N) is 7. The molecule has 20 nitrogen and oxygen atoms in total. The Bertz CT molecular complexity index is 1670. The maximum Gasteiger partial charge on any atom is 0.280 e. The Morgan fingerprint density at radius 3 is 2.50 bits per heavy atom. The smallest absolute Gasteiger partial charge is 0.280 e. The fourth-order valence-corrected chi connectivity index (χ4v) is 5.87. The van der Waals surface area contributed by atoms with Crippen molar-refractivity contribution < 1.29 is 43.8 Å². The standard InChI is InChI=1S/C23H31N10O10P/c1-38-15-9(41-22(16(15)43-37)33-7-29-13-19(33)30-23(25)31-20(13)36)2-11(34)39-3-8-10(4-40-44)42-21(14(8)35)32-6-28-12-17(24)26-5-27-18(12)32/h5-11,14-16,21-22,34-35,37H,2-4,44H2,1H3,(H2,24,26,27)(H3,25,30,31,36)/t8-,9?,10-,11?,14-,15-,16-,21-,22-/m1/s1. The molecule has 4 aromatic rings. The molecule has 0 aliphatic carbocycles. The van der Waals surface area contributed by atoms with E-state index < -0.39 is 60.7 Å². The molecule has 6 rings (SSSR count). The van der Waals surface area contributed by atoms with Crippen LogP contribution < -0.4 is 17.0 Å². The molecule has 44 heavy (non-hydrogen) atoms. The highest BCUT2D eigenvalue weighted by atomic mass is 31.0. The molecule has 238 valence electrons. The molecule has 0 spiro atoms. The topological polar surface area (TPSA) is 275 Å². The molecule has 4 aromatic heterocycles. The van der Waals surface area contributed by atoms with Crippen LogP contribution in [0.3, 0.4) is 0 Å². The number of aliphatic hydroxyl groups excluding tert-OH is 2. The maximum atomic E-state index is 12.2. The number of rotatable bonds is 11. The molecule has 0 amide bonds. The summed E-state index contributed by atoms with van der Waals surface area (Å²) in [6, 6.07) is 0. The summed E-state index contributed by atoms with van der Waals surface area (Å²) in [4.78, 5) is 39.8. The second-order valence-corrected chi connectivity index (χ2v) is 10.6. The average Bonchev–Trinajstić information content (AvgIpc) is 3.76. The second kappa shape index (κ2) is 12.5. The molecule has 8 N–H and O–H groups in total. The van der Waals surface area contributed by atoms with Crippen molar-refractivity contribution in [3.8, 4) is 0 Å². The number of aliphatic hydroxyl groups is 2. The molecule has 2 fully saturated rings. The Hall–Kier alpha value is -3.43. The average molecular weight is 639 g/mol. The molecule has 3 unspecified atom stereocenters. The molecular formula is C23H31N10O10P. The molecule has 0 radical (unpaired) electrons. The number of nitrogens with one attached hydrogen (secondary N) is 1. The van der Waals surface area contributed by atoms with E-state index in [9.17, 15) is 20.3 Å². The second-order valence-electron chi connectivity index (χ2n) is 10.3. The van der Waals surface area contributed by atoms with Crippen LogP contribution in [-0.2, 0) is 28.4 Å². The lowest BCUT2D eigenvalue weighted by atomic mass is 9.99. The summed E-state index contributed by atoms with van der Waals surface area (Å²) < 4.78 is 31.6. The molecule has 2 aliphatic rings. The number of methoxy groups -OCH3 is 1. The molecule has 2 saturated heterocycles. The van der Waals surface area contributed by atoms with Crippen molar-refractivity contribution >= 4 is 43.6 Å². The normalized spacial score (nSPS) is 29.7. The highest BCUT2D eigenvalue weighted by Crippen LogP contribution is 2.38. The maximum absolute atomic E-state index is 12.2. The van der Waals surface area contributed by atoms with Crippen LogP contribution in [0.2, 0.25) is 0 Å². The molecule has 6 heterocycles. The summed E-state index contributed by atoms with van der Waals surface area (Å²) in [5.41, 5.74) is 11.9. The number of anilines is 2. The first-order valence-electron chi connectivity index (χ1n) is 13.3. The minimum Gasteiger partial charge on any atom is -0.388 e. The Morgan fingerprint density at radius 1 is 1.05 bits per heavy atom. The van der Waals surface area contributed by atoms with E-state index in [0.717, 1.165) is 0 Å². The minimum atomic E-state index is -1.41. The largest absolute Gasteiger partial charge is 0.388 e. The zero-order valence-electron chi connectivity index (χ0n) is 23.1. The molecule has 2 aliphatic heterocycles. The van der Waals surface area contributed by atoms with Crippen molar-refractivity contribution in [2.45, 2.75) is 55.7 Å². The van der Waals surface area contributed by atoms with Gasteiger partial charge in [0.05, 0.1) is 38.1 Å². The van der Waals surface area contributed by atoms with Gasteiger partial charge in [0.1, 0.15) is 24.1 Å². The fourth-order valence-electron chi connectivity index (χ4n) is 5.68. The van der Waals surface area contributed by atoms with Crippen LogP contribution >= 0.6 is 9.47 Å². The first-order chi connectivity index (χ1) is 21.2. The van der Waals surface area contributed by atoms with Gasteiger partial charge in [-0.15, -0.1) is 0 Å². The fraction of sp³-hybridized carbons (Fsp3) is 0.565. The van der Waals surface area contributed by atoms with E-state index in [1.807, 2.05) is 0 Å². The number of aromatic nitrogens is 8. The summed E-state index contributed by atoms with van der Waals surface area (Å²) in [5, 5.41) is 31.8. The van der Waals surface area contributed by atoms with Crippen LogP contribution in [0.25, 0.3) is 22.3 Å². The number of ether oxygens (including phenoxy) is 4. The van der Waals surface area contributed by atoms with E-state index >= 15 is 0 Å². The summed E-state index contributed by atoms with van der Waals surface area (Å²) in [6.45, 7) is -0.0336. The number of imidazole rings is 2. The van der Waals surface area contributed by atoms with Crippen molar-refractivity contribution in [3.05, 3.63) is 29.3 Å². The molecule has 0 aromatic carbocycles. The lowest BCUT2D eigenvalue weighted by Crippen LogP contribution is -2.38. The van der Waals surface area contributed by atoms with Crippen LogP contribution in [0.5, 0.6) is 0 Å². The lowest BCUT2D eigenvalue weighted by Gasteiger charge is -2.24. The van der Waals surface area contributed by atoms with Gasteiger partial charge in [0, 0.05) is 28.9 Å². The quantitative estimate of drug-likeness (QED) is 0.0462. The van der Waals surface area contributed by atoms with E-state index in [-0.39, 0.29) is 42.6 Å². The number of nitrogens with two attached hydrogens (primary N) is 2. The first kappa shape index (κ1) is 30.6. The van der Waals surface area contributed by atoms with Gasteiger partial charge in [0.2, 0.25) is 5.95 Å². The van der Waals surface area contributed by atoms with E-state index in [4.69, 9.17) is 39.8 Å². The molecule has 21 heteroatoms. The first-order valence-corrected chi connectivity index (χ1v) is 13.8. The van der Waals surface area contributed by atoms with Crippen molar-refractivity contribution in [2.24, 2.45) is 5.92 Å². The van der Waals surface area contributed by atoms with Gasteiger partial charge in [0.25, 0.3) is 5.56 Å². The Kier molecular flexibility index (Phi) is 8.70. The van der Waals surface area contributed by atoms with Crippen molar-refractivity contribution in [3.63, 3.8) is 0 Å². The third-order valence-electron chi connectivity index (χ3n) is 7.76. The van der Waals surface area contributed by atoms with Crippen LogP contribution in [0.1, 0.15) is 18.9 Å². The predicted molar refractivity (Wildman–Crippen MR) is 150 cm³/mol. The number of H-pyrrole nitrogens is 1. The highest BCUT2D eigenvalue weighted by molar-refractivity contribution is 7.09. The molecule has 0 bridgehead atoms. The van der Waals surface area contributed by atoms with Crippen molar-refractivity contribution in [1.82, 2.24) is 39.0 Å². The van der Waals surface area contributed by atoms with E-state index in [2.05, 4.69) is 39.4 Å². The highest BCUT2D eigenvalue weighted by Gasteiger charge is 2.49. The van der Waals surface area contributed by atoms with Gasteiger partial charge in [-0.25, -0.2) is 24.8 Å². The van der Waals surface area contributed by atoms with E-state index in [1.54, 1.807) is 4.57 Å². The number of aromatic amines is 1.